The molecule has 43 heavy (non-hydrogen) atoms. The molecule has 0 aliphatic rings. The fourth-order valence-electron chi connectivity index (χ4n) is 4.17. The van der Waals surface area contributed by atoms with E-state index in [1.54, 1.807) is 36.4 Å². The van der Waals surface area contributed by atoms with Gasteiger partial charge in [0.05, 0.1) is 33.0 Å². The number of fused-ring (bicyclic) bond motifs is 3. The normalized spacial score (nSPS) is 10.1. The molecule has 0 unspecified atom stereocenters. The number of rotatable bonds is 3. The van der Waals surface area contributed by atoms with Gasteiger partial charge in [0.2, 0.25) is 0 Å². The molecule has 0 radical (unpaired) electrons. The van der Waals surface area contributed by atoms with Crippen molar-refractivity contribution >= 4 is 102 Å². The predicted octanol–water partition coefficient (Wildman–Crippen LogP) is 5.19. The molecule has 0 aliphatic heterocycles. The fourth-order valence-corrected chi connectivity index (χ4v) is 5.11. The Labute approximate surface area is 271 Å². The van der Waals surface area contributed by atoms with Crippen LogP contribution in [-0.4, -0.2) is 35.3 Å². The van der Waals surface area contributed by atoms with Gasteiger partial charge in [0.1, 0.15) is 0 Å². The molecule has 0 heterocycles. The van der Waals surface area contributed by atoms with Crippen LogP contribution in [0.1, 0.15) is 31.1 Å². The van der Waals surface area contributed by atoms with Crippen molar-refractivity contribution in [3.05, 3.63) is 141 Å². The third kappa shape index (κ3) is 7.66. The third-order valence-corrected chi connectivity index (χ3v) is 7.47. The van der Waals surface area contributed by atoms with Crippen molar-refractivity contribution in [3.8, 4) is 0 Å². The van der Waals surface area contributed by atoms with E-state index in [1.165, 1.54) is 18.2 Å². The van der Waals surface area contributed by atoms with E-state index < -0.39 is 17.9 Å². The summed E-state index contributed by atoms with van der Waals surface area (Å²) in [6, 6.07) is 31.5. The zero-order valence-corrected chi connectivity index (χ0v) is 25.5. The van der Waals surface area contributed by atoms with Gasteiger partial charge in [-0.05, 0) is 16.2 Å². The summed E-state index contributed by atoms with van der Waals surface area (Å²) in [7, 11) is 0. The van der Waals surface area contributed by atoms with Crippen LogP contribution in [0, 0.1) is 0 Å². The van der Waals surface area contributed by atoms with Gasteiger partial charge in [-0.1, -0.05) is 144 Å². The standard InChI is InChI=1S/3C11H7ClO2.Al/c3*12-10-8-4-2-1-3-7(8)5-6-9(10)11(13)14;/h3*1-6H,(H,13,14);/q;;;+3/p-3. The van der Waals surface area contributed by atoms with Crippen LogP contribution in [0.3, 0.4) is 0 Å². The molecule has 6 aromatic rings. The molecule has 0 atom stereocenters. The zero-order valence-electron chi connectivity index (χ0n) is 22.1. The molecule has 0 spiro atoms. The Hall–Kier alpha value is -4.09. The van der Waals surface area contributed by atoms with Crippen LogP contribution in [0.15, 0.2) is 109 Å². The van der Waals surface area contributed by atoms with Crippen molar-refractivity contribution in [2.75, 3.05) is 0 Å². The van der Waals surface area contributed by atoms with Crippen LogP contribution in [-0.2, 0) is 0 Å². The second-order valence-electron chi connectivity index (χ2n) is 8.81. The first kappa shape index (κ1) is 33.4. The molecule has 0 aliphatic carbocycles. The smallest absolute Gasteiger partial charge is 0.545 e. The molecule has 0 aromatic heterocycles. The Morgan fingerprint density at radius 1 is 0.395 bits per heavy atom. The van der Waals surface area contributed by atoms with Crippen molar-refractivity contribution in [1.29, 1.82) is 0 Å². The van der Waals surface area contributed by atoms with Gasteiger partial charge < -0.3 is 29.7 Å². The molecule has 0 saturated carbocycles. The molecular formula is C33H18AlCl3O6. The molecule has 0 N–H and O–H groups in total. The molecule has 6 aromatic carbocycles. The van der Waals surface area contributed by atoms with Crippen LogP contribution in [0.25, 0.3) is 32.3 Å². The van der Waals surface area contributed by atoms with E-state index in [0.717, 1.165) is 32.3 Å². The first-order chi connectivity index (χ1) is 20.1. The summed E-state index contributed by atoms with van der Waals surface area (Å²) in [5.41, 5.74) is 0.0982. The SMILES string of the molecule is O=C([O-])c1ccc2ccccc2c1Cl.O=C([O-])c1ccc2ccccc2c1Cl.O=C([O-])c1ccc2ccccc2c1Cl.[Al+3]. The second kappa shape index (κ2) is 14.9. The monoisotopic (exact) mass is 642 g/mol. The van der Waals surface area contributed by atoms with Crippen LogP contribution in [0.2, 0.25) is 15.1 Å². The number of carboxylic acid groups (broad SMARTS) is 3. The largest absolute Gasteiger partial charge is 3.00 e. The second-order valence-corrected chi connectivity index (χ2v) is 9.94. The topological polar surface area (TPSA) is 120 Å². The minimum absolute atomic E-state index is 0. The first-order valence-corrected chi connectivity index (χ1v) is 13.4. The summed E-state index contributed by atoms with van der Waals surface area (Å²) in [6.07, 6.45) is 0. The molecule has 0 amide bonds. The third-order valence-electron chi connectivity index (χ3n) is 6.25. The van der Waals surface area contributed by atoms with Gasteiger partial charge in [0.15, 0.2) is 0 Å². The molecule has 210 valence electrons. The maximum absolute atomic E-state index is 10.7. The number of aromatic carboxylic acids is 3. The van der Waals surface area contributed by atoms with Gasteiger partial charge in [-0.3, -0.25) is 0 Å². The average Bonchev–Trinajstić information content (AvgIpc) is 2.98. The number of benzene rings is 6. The molecule has 10 heteroatoms. The Bertz CT molecular complexity index is 1750. The van der Waals surface area contributed by atoms with E-state index in [2.05, 4.69) is 0 Å². The summed E-state index contributed by atoms with van der Waals surface area (Å²) in [5, 5.41) is 37.7. The quantitative estimate of drug-likeness (QED) is 0.245. The summed E-state index contributed by atoms with van der Waals surface area (Å²) < 4.78 is 0. The maximum Gasteiger partial charge on any atom is 3.00 e. The molecule has 6 nitrogen and oxygen atoms in total. The Kier molecular flexibility index (Phi) is 11.6. The van der Waals surface area contributed by atoms with Gasteiger partial charge in [-0.25, -0.2) is 0 Å². The number of hydrogen-bond acceptors (Lipinski definition) is 6. The van der Waals surface area contributed by atoms with Crippen molar-refractivity contribution in [2.24, 2.45) is 0 Å². The zero-order chi connectivity index (χ0) is 30.4. The molecule has 0 saturated heterocycles. The van der Waals surface area contributed by atoms with E-state index in [1.807, 2.05) is 54.6 Å². The molecule has 0 fully saturated rings. The summed E-state index contributed by atoms with van der Waals surface area (Å²) in [4.78, 5) is 32.0. The van der Waals surface area contributed by atoms with Gasteiger partial charge in [0, 0.05) is 32.8 Å². The van der Waals surface area contributed by atoms with Crippen molar-refractivity contribution in [2.45, 2.75) is 0 Å². The van der Waals surface area contributed by atoms with E-state index in [-0.39, 0.29) is 49.1 Å². The Morgan fingerprint density at radius 2 is 0.628 bits per heavy atom. The van der Waals surface area contributed by atoms with Gasteiger partial charge in [0.25, 0.3) is 0 Å². The van der Waals surface area contributed by atoms with Crippen molar-refractivity contribution < 1.29 is 29.7 Å². The summed E-state index contributed by atoms with van der Waals surface area (Å²) in [6.45, 7) is 0. The predicted molar refractivity (Wildman–Crippen MR) is 166 cm³/mol. The number of hydrogen-bond donors (Lipinski definition) is 0. The number of carboxylic acids is 3. The van der Waals surface area contributed by atoms with Crippen molar-refractivity contribution in [3.63, 3.8) is 0 Å². The molecular weight excluding hydrogens is 626 g/mol. The fraction of sp³-hybridized carbons (Fsp3) is 0. The first-order valence-electron chi connectivity index (χ1n) is 12.3. The number of carbonyl (C=O) groups excluding carboxylic acids is 3. The minimum atomic E-state index is -1.25. The van der Waals surface area contributed by atoms with Crippen molar-refractivity contribution in [1.82, 2.24) is 0 Å². The van der Waals surface area contributed by atoms with E-state index in [9.17, 15) is 29.7 Å². The van der Waals surface area contributed by atoms with Gasteiger partial charge in [-0.2, -0.15) is 0 Å². The van der Waals surface area contributed by atoms with Crippen LogP contribution < -0.4 is 15.3 Å². The van der Waals surface area contributed by atoms with Gasteiger partial charge >= 0.3 is 17.4 Å². The Morgan fingerprint density at radius 3 is 0.860 bits per heavy atom. The van der Waals surface area contributed by atoms with Crippen LogP contribution in [0.4, 0.5) is 0 Å². The van der Waals surface area contributed by atoms with Crippen LogP contribution >= 0.6 is 34.8 Å². The van der Waals surface area contributed by atoms with E-state index in [4.69, 9.17) is 34.8 Å². The minimum Gasteiger partial charge on any atom is -0.545 e. The molecule has 0 bridgehead atoms. The maximum atomic E-state index is 10.7. The number of carbonyl (C=O) groups is 3. The van der Waals surface area contributed by atoms with E-state index in [0.29, 0.717) is 0 Å². The van der Waals surface area contributed by atoms with Gasteiger partial charge in [-0.15, -0.1) is 0 Å². The summed E-state index contributed by atoms with van der Waals surface area (Å²) >= 11 is 17.7. The Balaban J connectivity index is 0.000000175. The number of halogens is 3. The average molecular weight is 644 g/mol. The summed E-state index contributed by atoms with van der Waals surface area (Å²) in [5.74, 6) is -3.75. The molecule has 6 rings (SSSR count). The van der Waals surface area contributed by atoms with Crippen LogP contribution in [0.5, 0.6) is 0 Å². The van der Waals surface area contributed by atoms with E-state index >= 15 is 0 Å².